The molecule has 0 bridgehead atoms. The number of fused-ring (bicyclic) bond motifs is 12. The van der Waals surface area contributed by atoms with E-state index in [-0.39, 0.29) is 0 Å². The van der Waals surface area contributed by atoms with Gasteiger partial charge in [0.2, 0.25) is 0 Å². The van der Waals surface area contributed by atoms with Gasteiger partial charge in [0.1, 0.15) is 0 Å². The van der Waals surface area contributed by atoms with Crippen molar-refractivity contribution in [3.8, 4) is 0 Å². The van der Waals surface area contributed by atoms with Gasteiger partial charge in [-0.05, 0) is 334 Å². The zero-order valence-corrected chi connectivity index (χ0v) is 74.6. The van der Waals surface area contributed by atoms with E-state index in [4.69, 9.17) is 0 Å². The average Bonchev–Trinajstić information content (AvgIpc) is 0.735. The van der Waals surface area contributed by atoms with Crippen LogP contribution in [-0.4, -0.2) is 0 Å². The Morgan fingerprint density at radius 2 is 0.339 bits per heavy atom. The maximum atomic E-state index is 2.31. The lowest BCUT2D eigenvalue weighted by atomic mass is 9.90. The smallest absolute Gasteiger partial charge is 0.00239 e. The molecule has 0 aliphatic carbocycles. The van der Waals surface area contributed by atoms with Gasteiger partial charge < -0.3 is 0 Å². The summed E-state index contributed by atoms with van der Waals surface area (Å²) in [5.41, 5.74) is 21.5. The van der Waals surface area contributed by atoms with E-state index in [2.05, 4.69) is 475 Å². The Morgan fingerprint density at radius 1 is 0.105 bits per heavy atom. The molecule has 0 fully saturated rings. The molecule has 0 aliphatic heterocycles. The van der Waals surface area contributed by atoms with Crippen LogP contribution in [0, 0.1) is 111 Å². The fourth-order valence-corrected chi connectivity index (χ4v) is 18.7. The highest BCUT2D eigenvalue weighted by Gasteiger charge is 2.15. The number of aryl methyl sites for hydroxylation is 16. The van der Waals surface area contributed by atoms with E-state index in [1.807, 2.05) is 0 Å². The molecule has 0 amide bonds. The largest absolute Gasteiger partial charge is 0.0616 e. The lowest BCUT2D eigenvalue weighted by Crippen LogP contribution is -1.88. The van der Waals surface area contributed by atoms with E-state index in [1.165, 1.54) is 261 Å². The van der Waals surface area contributed by atoms with Gasteiger partial charge >= 0.3 is 0 Å². The molecule has 604 valence electrons. The monoisotopic (exact) mass is 1600 g/mol. The van der Waals surface area contributed by atoms with Crippen LogP contribution < -0.4 is 0 Å². The third kappa shape index (κ3) is 17.1. The molecule has 0 saturated carbocycles. The standard InChI is InChI=1S/2C18H14.4C16H14.2C12H12/c1-11-9-13-5-4-8-16-12(2)10-14-6-3-7-15(11)17(14)18(13)16;1-11-3-5-13-8-10-16-12(2)4-6-14-7-9-15(11)17(13)18(14)16;1-11-3-7-15-13(9-11)5-6-14-10-12(2)4-8-16(14)15;1-11-3-5-13-10-16-8-12(2)4-6-14(16)9-15(13)7-11;1-11-3-5-13-7-8-14-6-4-12(2)10-16(14)15(13)9-11;1-11-13-7-3-5-9-15(13)12(2)16-10-6-4-8-14(11)16;1-9-3-5-12-8-10(2)4-6-11(12)7-9;1-9-6-7-12-10(2)4-3-5-11(12)8-9/h2*3-10H,1-2H3;4*3-10H,1-2H3;2*3-8H,1-2H3. The molecule has 0 nitrogen and oxygen atoms in total. The summed E-state index contributed by atoms with van der Waals surface area (Å²) in [4.78, 5) is 0. The summed E-state index contributed by atoms with van der Waals surface area (Å²) in [7, 11) is 0. The van der Waals surface area contributed by atoms with Crippen molar-refractivity contribution in [3.63, 3.8) is 0 Å². The van der Waals surface area contributed by atoms with Gasteiger partial charge in [-0.3, -0.25) is 0 Å². The van der Waals surface area contributed by atoms with Gasteiger partial charge in [-0.25, -0.2) is 0 Å². The summed E-state index contributed by atoms with van der Waals surface area (Å²) in [6.07, 6.45) is 0. The third-order valence-electron chi connectivity index (χ3n) is 25.4. The van der Waals surface area contributed by atoms with Crippen molar-refractivity contribution in [2.45, 2.75) is 111 Å². The Kier molecular flexibility index (Phi) is 23.4. The highest BCUT2D eigenvalue weighted by atomic mass is 14.2. The van der Waals surface area contributed by atoms with Crippen molar-refractivity contribution in [2.75, 3.05) is 0 Å². The molecule has 0 heterocycles. The lowest BCUT2D eigenvalue weighted by Gasteiger charge is -2.14. The third-order valence-corrected chi connectivity index (χ3v) is 25.4. The quantitative estimate of drug-likeness (QED) is 0.105. The Balaban J connectivity index is 0.000000101. The molecule has 0 aliphatic rings. The minimum Gasteiger partial charge on any atom is -0.0616 e. The van der Waals surface area contributed by atoms with E-state index >= 15 is 0 Å². The first kappa shape index (κ1) is 82.3. The summed E-state index contributed by atoms with van der Waals surface area (Å²) in [6, 6.07) is 132. The van der Waals surface area contributed by atoms with Gasteiger partial charge in [-0.2, -0.15) is 0 Å². The fourth-order valence-electron chi connectivity index (χ4n) is 18.7. The van der Waals surface area contributed by atoms with E-state index in [0.29, 0.717) is 0 Å². The Hall–Kier alpha value is -14.0. The average molecular weight is 1600 g/mol. The Labute approximate surface area is 731 Å². The zero-order chi connectivity index (χ0) is 86.1. The molecule has 24 aromatic rings. The predicted molar refractivity (Wildman–Crippen MR) is 550 cm³/mol. The summed E-state index contributed by atoms with van der Waals surface area (Å²) in [5, 5.41) is 43.6. The van der Waals surface area contributed by atoms with Gasteiger partial charge in [0.25, 0.3) is 0 Å². The van der Waals surface area contributed by atoms with Gasteiger partial charge in [0.05, 0.1) is 0 Å². The number of benzene rings is 24. The highest BCUT2D eigenvalue weighted by Crippen LogP contribution is 2.41. The Bertz CT molecular complexity index is 7630. The lowest BCUT2D eigenvalue weighted by molar-refractivity contribution is 1.47. The van der Waals surface area contributed by atoms with Crippen LogP contribution in [0.1, 0.15) is 89.0 Å². The molecule has 0 heteroatoms. The van der Waals surface area contributed by atoms with E-state index in [1.54, 1.807) is 0 Å². The molecule has 0 spiro atoms. The first-order valence-electron chi connectivity index (χ1n) is 43.8. The zero-order valence-electron chi connectivity index (χ0n) is 74.6. The summed E-state index contributed by atoms with van der Waals surface area (Å²) >= 11 is 0. The van der Waals surface area contributed by atoms with E-state index in [0.717, 1.165) is 0 Å². The maximum Gasteiger partial charge on any atom is -0.00239 e. The van der Waals surface area contributed by atoms with Crippen LogP contribution in [0.15, 0.2) is 364 Å². The second-order valence-electron chi connectivity index (χ2n) is 35.0. The van der Waals surface area contributed by atoms with Crippen molar-refractivity contribution < 1.29 is 0 Å². The first-order valence-corrected chi connectivity index (χ1v) is 43.8. The van der Waals surface area contributed by atoms with Crippen molar-refractivity contribution >= 4 is 172 Å². The molecular weight excluding hydrogens is 1490 g/mol. The number of hydrogen-bond donors (Lipinski definition) is 0. The topological polar surface area (TPSA) is 0 Å². The predicted octanol–water partition coefficient (Wildman–Crippen LogP) is 35.8. The second-order valence-corrected chi connectivity index (χ2v) is 35.0. The SMILES string of the molecule is Cc1c2ccccc2c(C)c2ccccc12.Cc1cc2cccc3c(C)cc4cccc1c4c23.Cc1ccc2c(C)cccc2c1.Cc1ccc2c(ccc3cc(C)ccc32)c1.Cc1ccc2cc(C)ccc2c1.Cc1ccc2cc3cc(C)ccc3cc2c1.Cc1ccc2ccc3c(C)ccc4ccc1c2c43.Cc1ccc2ccc3ccc(C)cc3c2c1. The van der Waals surface area contributed by atoms with Crippen LogP contribution in [-0.2, 0) is 0 Å². The molecule has 0 atom stereocenters. The second kappa shape index (κ2) is 35.2. The number of rotatable bonds is 0. The van der Waals surface area contributed by atoms with Crippen LogP contribution in [0.4, 0.5) is 0 Å². The summed E-state index contributed by atoms with van der Waals surface area (Å²) in [6.45, 7) is 34.6. The van der Waals surface area contributed by atoms with Crippen LogP contribution in [0.2, 0.25) is 0 Å². The van der Waals surface area contributed by atoms with Gasteiger partial charge in [0, 0.05) is 0 Å². The molecule has 24 aromatic carbocycles. The van der Waals surface area contributed by atoms with Crippen molar-refractivity contribution in [2.24, 2.45) is 0 Å². The normalized spacial score (nSPS) is 11.2. The first-order chi connectivity index (χ1) is 60.0. The van der Waals surface area contributed by atoms with Crippen molar-refractivity contribution in [3.05, 3.63) is 453 Å². The maximum absolute atomic E-state index is 2.31. The molecule has 0 radical (unpaired) electrons. The number of hydrogen-bond acceptors (Lipinski definition) is 0. The van der Waals surface area contributed by atoms with Crippen LogP contribution in [0.5, 0.6) is 0 Å². The van der Waals surface area contributed by atoms with Crippen molar-refractivity contribution in [1.29, 1.82) is 0 Å². The van der Waals surface area contributed by atoms with Crippen LogP contribution >= 0.6 is 0 Å². The van der Waals surface area contributed by atoms with Gasteiger partial charge in [0.15, 0.2) is 0 Å². The minimum absolute atomic E-state index is 1.32. The summed E-state index contributed by atoms with van der Waals surface area (Å²) in [5.74, 6) is 0. The van der Waals surface area contributed by atoms with Crippen LogP contribution in [0.25, 0.3) is 172 Å². The fraction of sp³-hybridized carbons (Fsp3) is 0.129. The van der Waals surface area contributed by atoms with Crippen LogP contribution in [0.3, 0.4) is 0 Å². The molecule has 0 aromatic heterocycles. The molecule has 24 rings (SSSR count). The van der Waals surface area contributed by atoms with Crippen molar-refractivity contribution in [1.82, 2.24) is 0 Å². The van der Waals surface area contributed by atoms with E-state index < -0.39 is 0 Å². The molecular formula is C124H108. The molecule has 0 N–H and O–H groups in total. The van der Waals surface area contributed by atoms with Gasteiger partial charge in [-0.15, -0.1) is 0 Å². The van der Waals surface area contributed by atoms with E-state index in [9.17, 15) is 0 Å². The minimum atomic E-state index is 1.32. The molecule has 0 saturated heterocycles. The molecule has 0 unspecified atom stereocenters. The highest BCUT2D eigenvalue weighted by molar-refractivity contribution is 6.26. The van der Waals surface area contributed by atoms with Gasteiger partial charge in [-0.1, -0.05) is 402 Å². The Morgan fingerprint density at radius 3 is 0.726 bits per heavy atom. The molecule has 124 heavy (non-hydrogen) atoms. The summed E-state index contributed by atoms with van der Waals surface area (Å²) < 4.78 is 0.